The minimum Gasteiger partial charge on any atom is -0.411 e. The van der Waals surface area contributed by atoms with Crippen molar-refractivity contribution in [3.63, 3.8) is 0 Å². The quantitative estimate of drug-likeness (QED) is 0.582. The van der Waals surface area contributed by atoms with Crippen molar-refractivity contribution in [1.29, 1.82) is 0 Å². The summed E-state index contributed by atoms with van der Waals surface area (Å²) in [6, 6.07) is 0. The standard InChI is InChI=1S/C14H26O2Si/c1-7-8-10-13(11-9-12-15)16-17(5,6)14(2,3)4/h1,8,10,13,15H,9,11-12H2,2-6H3/b10-8+/t13-/m1/s1. The topological polar surface area (TPSA) is 29.5 Å². The van der Waals surface area contributed by atoms with E-state index in [4.69, 9.17) is 16.0 Å². The monoisotopic (exact) mass is 254 g/mol. The molecule has 2 nitrogen and oxygen atoms in total. The molecule has 0 radical (unpaired) electrons. The fourth-order valence-corrected chi connectivity index (χ4v) is 2.51. The minimum absolute atomic E-state index is 0.0269. The van der Waals surface area contributed by atoms with E-state index in [1.165, 1.54) is 0 Å². The molecule has 0 spiro atoms. The van der Waals surface area contributed by atoms with E-state index in [9.17, 15) is 0 Å². The largest absolute Gasteiger partial charge is 0.411 e. The maximum absolute atomic E-state index is 8.89. The molecule has 0 aromatic rings. The molecule has 0 amide bonds. The smallest absolute Gasteiger partial charge is 0.192 e. The minimum atomic E-state index is -1.77. The molecule has 0 bridgehead atoms. The number of hydrogen-bond donors (Lipinski definition) is 1. The lowest BCUT2D eigenvalue weighted by molar-refractivity contribution is 0.194. The predicted molar refractivity (Wildman–Crippen MR) is 76.4 cm³/mol. The molecule has 0 fully saturated rings. The second-order valence-corrected chi connectivity index (χ2v) is 10.6. The highest BCUT2D eigenvalue weighted by molar-refractivity contribution is 6.74. The van der Waals surface area contributed by atoms with Gasteiger partial charge in [0.25, 0.3) is 0 Å². The molecule has 0 aliphatic heterocycles. The van der Waals surface area contributed by atoms with Gasteiger partial charge in [0.15, 0.2) is 8.32 Å². The summed E-state index contributed by atoms with van der Waals surface area (Å²) in [7, 11) is -1.77. The van der Waals surface area contributed by atoms with Crippen LogP contribution in [-0.4, -0.2) is 26.1 Å². The van der Waals surface area contributed by atoms with Gasteiger partial charge in [-0.2, -0.15) is 0 Å². The van der Waals surface area contributed by atoms with Crippen LogP contribution in [0.25, 0.3) is 0 Å². The Morgan fingerprint density at radius 1 is 1.41 bits per heavy atom. The number of rotatable bonds is 6. The molecule has 0 aliphatic carbocycles. The molecule has 0 heterocycles. The third-order valence-electron chi connectivity index (χ3n) is 3.31. The van der Waals surface area contributed by atoms with Gasteiger partial charge >= 0.3 is 0 Å². The molecule has 0 aromatic heterocycles. The van der Waals surface area contributed by atoms with Crippen LogP contribution in [0.3, 0.4) is 0 Å². The van der Waals surface area contributed by atoms with Gasteiger partial charge in [0, 0.05) is 6.61 Å². The molecule has 0 rings (SSSR count). The zero-order chi connectivity index (χ0) is 13.5. The van der Waals surface area contributed by atoms with Crippen LogP contribution >= 0.6 is 0 Å². The van der Waals surface area contributed by atoms with Gasteiger partial charge in [-0.15, -0.1) is 6.42 Å². The van der Waals surface area contributed by atoms with Gasteiger partial charge in [0.2, 0.25) is 0 Å². The summed E-state index contributed by atoms with van der Waals surface area (Å²) in [5.74, 6) is 2.49. The van der Waals surface area contributed by atoms with Gasteiger partial charge < -0.3 is 9.53 Å². The summed E-state index contributed by atoms with van der Waals surface area (Å²) >= 11 is 0. The summed E-state index contributed by atoms with van der Waals surface area (Å²) in [4.78, 5) is 0. The van der Waals surface area contributed by atoms with Gasteiger partial charge in [-0.05, 0) is 43.1 Å². The number of terminal acetylenes is 1. The van der Waals surface area contributed by atoms with Crippen LogP contribution in [0.5, 0.6) is 0 Å². The van der Waals surface area contributed by atoms with E-state index in [0.29, 0.717) is 0 Å². The zero-order valence-electron chi connectivity index (χ0n) is 11.8. The fourth-order valence-electron chi connectivity index (χ4n) is 1.21. The number of aliphatic hydroxyl groups is 1. The van der Waals surface area contributed by atoms with Crippen LogP contribution in [-0.2, 0) is 4.43 Å². The molecule has 98 valence electrons. The van der Waals surface area contributed by atoms with Crippen molar-refractivity contribution in [2.75, 3.05) is 6.61 Å². The first-order valence-electron chi connectivity index (χ1n) is 6.16. The van der Waals surface area contributed by atoms with Gasteiger partial charge in [-0.25, -0.2) is 0 Å². The SMILES string of the molecule is C#C/C=C/[C@H](CCCO)O[Si](C)(C)C(C)(C)C. The average Bonchev–Trinajstić information content (AvgIpc) is 2.20. The van der Waals surface area contributed by atoms with Crippen molar-refractivity contribution in [1.82, 2.24) is 0 Å². The highest BCUT2D eigenvalue weighted by atomic mass is 28.4. The molecule has 0 unspecified atom stereocenters. The summed E-state index contributed by atoms with van der Waals surface area (Å²) in [5.41, 5.74) is 0. The Balaban J connectivity index is 4.63. The molecule has 17 heavy (non-hydrogen) atoms. The van der Waals surface area contributed by atoms with Crippen molar-refractivity contribution in [2.24, 2.45) is 0 Å². The molecular formula is C14H26O2Si. The lowest BCUT2D eigenvalue weighted by Gasteiger charge is -2.38. The fraction of sp³-hybridized carbons (Fsp3) is 0.714. The van der Waals surface area contributed by atoms with E-state index in [1.54, 1.807) is 6.08 Å². The lowest BCUT2D eigenvalue weighted by Crippen LogP contribution is -2.43. The molecule has 0 saturated heterocycles. The molecule has 3 heteroatoms. The van der Waals surface area contributed by atoms with Gasteiger partial charge in [0.05, 0.1) is 6.10 Å². The van der Waals surface area contributed by atoms with Crippen molar-refractivity contribution in [3.8, 4) is 12.3 Å². The summed E-state index contributed by atoms with van der Waals surface area (Å²) in [6.45, 7) is 11.3. The van der Waals surface area contributed by atoms with Crippen molar-refractivity contribution < 1.29 is 9.53 Å². The first-order valence-corrected chi connectivity index (χ1v) is 9.07. The Morgan fingerprint density at radius 2 is 2.00 bits per heavy atom. The Kier molecular flexibility index (Phi) is 6.77. The lowest BCUT2D eigenvalue weighted by atomic mass is 10.2. The van der Waals surface area contributed by atoms with Gasteiger partial charge in [-0.1, -0.05) is 26.7 Å². The molecule has 1 N–H and O–H groups in total. The van der Waals surface area contributed by atoms with Crippen molar-refractivity contribution in [3.05, 3.63) is 12.2 Å². The van der Waals surface area contributed by atoms with Crippen LogP contribution in [0.4, 0.5) is 0 Å². The van der Waals surface area contributed by atoms with E-state index in [2.05, 4.69) is 39.8 Å². The summed E-state index contributed by atoms with van der Waals surface area (Å²) in [6.07, 6.45) is 10.4. The summed E-state index contributed by atoms with van der Waals surface area (Å²) < 4.78 is 6.25. The summed E-state index contributed by atoms with van der Waals surface area (Å²) in [5, 5.41) is 9.08. The number of hydrogen-bond acceptors (Lipinski definition) is 2. The van der Waals surface area contributed by atoms with Gasteiger partial charge in [0.1, 0.15) is 0 Å². The van der Waals surface area contributed by atoms with Crippen molar-refractivity contribution in [2.45, 2.75) is 57.8 Å². The van der Waals surface area contributed by atoms with E-state index in [0.717, 1.165) is 12.8 Å². The molecule has 1 atom stereocenters. The first kappa shape index (κ1) is 16.4. The average molecular weight is 254 g/mol. The second-order valence-electron chi connectivity index (χ2n) is 5.81. The van der Waals surface area contributed by atoms with Crippen LogP contribution in [0, 0.1) is 12.3 Å². The highest BCUT2D eigenvalue weighted by Gasteiger charge is 2.38. The number of aliphatic hydroxyl groups excluding tert-OH is 1. The van der Waals surface area contributed by atoms with Crippen LogP contribution in [0.15, 0.2) is 12.2 Å². The Morgan fingerprint density at radius 3 is 2.41 bits per heavy atom. The Hall–Kier alpha value is -0.563. The van der Waals surface area contributed by atoms with E-state index in [-0.39, 0.29) is 17.7 Å². The van der Waals surface area contributed by atoms with E-state index in [1.807, 2.05) is 6.08 Å². The molecule has 0 saturated carbocycles. The molecular weight excluding hydrogens is 228 g/mol. The predicted octanol–water partition coefficient (Wildman–Crippen LogP) is 3.34. The van der Waals surface area contributed by atoms with Crippen LogP contribution in [0.1, 0.15) is 33.6 Å². The van der Waals surface area contributed by atoms with E-state index < -0.39 is 8.32 Å². The van der Waals surface area contributed by atoms with Crippen LogP contribution < -0.4 is 0 Å². The van der Waals surface area contributed by atoms with Crippen molar-refractivity contribution >= 4 is 8.32 Å². The van der Waals surface area contributed by atoms with Crippen LogP contribution in [0.2, 0.25) is 18.1 Å². The number of allylic oxidation sites excluding steroid dienone is 1. The normalized spacial score (nSPS) is 14.9. The Labute approximate surface area is 107 Å². The van der Waals surface area contributed by atoms with Gasteiger partial charge in [-0.3, -0.25) is 0 Å². The first-order chi connectivity index (χ1) is 7.74. The third kappa shape index (κ3) is 6.07. The maximum atomic E-state index is 8.89. The zero-order valence-corrected chi connectivity index (χ0v) is 12.8. The molecule has 0 aliphatic rings. The maximum Gasteiger partial charge on any atom is 0.192 e. The second kappa shape index (κ2) is 7.00. The molecule has 0 aromatic carbocycles. The van der Waals surface area contributed by atoms with E-state index >= 15 is 0 Å². The third-order valence-corrected chi connectivity index (χ3v) is 7.81. The highest BCUT2D eigenvalue weighted by Crippen LogP contribution is 2.37. The Bertz CT molecular complexity index is 282.